The van der Waals surface area contributed by atoms with E-state index in [4.69, 9.17) is 18.0 Å². The van der Waals surface area contributed by atoms with Crippen molar-refractivity contribution < 1.29 is 4.79 Å². The fourth-order valence-electron chi connectivity index (χ4n) is 2.27. The monoisotopic (exact) mass is 290 g/mol. The molecule has 1 aromatic carbocycles. The third-order valence-electron chi connectivity index (χ3n) is 3.73. The van der Waals surface area contributed by atoms with Crippen molar-refractivity contribution in [3.05, 3.63) is 24.3 Å². The van der Waals surface area contributed by atoms with E-state index in [9.17, 15) is 4.79 Å². The molecule has 0 spiro atoms. The maximum absolute atomic E-state index is 12.5. The van der Waals surface area contributed by atoms with Crippen molar-refractivity contribution in [1.29, 1.82) is 0 Å². The van der Waals surface area contributed by atoms with Crippen LogP contribution in [-0.2, 0) is 4.79 Å². The molecule has 0 aliphatic rings. The lowest BCUT2D eigenvalue weighted by molar-refractivity contribution is -0.122. The zero-order chi connectivity index (χ0) is 14.8. The van der Waals surface area contributed by atoms with Crippen molar-refractivity contribution in [3.8, 4) is 0 Å². The lowest BCUT2D eigenvalue weighted by Crippen LogP contribution is -2.45. The van der Waals surface area contributed by atoms with Crippen molar-refractivity contribution in [2.45, 2.75) is 26.7 Å². The number of carbonyl (C=O) groups is 1. The molecular formula is C14H18N4OS. The van der Waals surface area contributed by atoms with Gasteiger partial charge in [-0.05, 0) is 25.0 Å². The predicted molar refractivity (Wildman–Crippen MR) is 84.5 cm³/mol. The number of aromatic nitrogens is 2. The van der Waals surface area contributed by atoms with Crippen LogP contribution in [-0.4, -0.2) is 20.9 Å². The van der Waals surface area contributed by atoms with E-state index in [0.717, 1.165) is 11.0 Å². The molecule has 0 saturated heterocycles. The van der Waals surface area contributed by atoms with Gasteiger partial charge in [-0.2, -0.15) is 0 Å². The minimum Gasteiger partial charge on any atom is -0.392 e. The summed E-state index contributed by atoms with van der Waals surface area (Å²) in [5.41, 5.74) is 6.61. The topological polar surface area (TPSA) is 83.8 Å². The van der Waals surface area contributed by atoms with Gasteiger partial charge in [0.15, 0.2) is 0 Å². The molecule has 0 unspecified atom stereocenters. The van der Waals surface area contributed by atoms with Crippen LogP contribution in [0.2, 0.25) is 0 Å². The molecule has 20 heavy (non-hydrogen) atoms. The number of hydrogen-bond donors (Lipinski definition) is 3. The molecule has 1 aromatic heterocycles. The molecule has 1 heterocycles. The fraction of sp³-hybridized carbons (Fsp3) is 0.357. The number of aromatic amines is 1. The van der Waals surface area contributed by atoms with Crippen LogP contribution in [0.25, 0.3) is 11.0 Å². The number of nitrogens with one attached hydrogen (secondary N) is 2. The summed E-state index contributed by atoms with van der Waals surface area (Å²) in [5, 5.41) is 2.78. The average Bonchev–Trinajstić information content (AvgIpc) is 2.82. The Bertz CT molecular complexity index is 612. The van der Waals surface area contributed by atoms with Gasteiger partial charge in [0, 0.05) is 0 Å². The molecular weight excluding hydrogens is 272 g/mol. The number of H-pyrrole nitrogens is 1. The first-order chi connectivity index (χ1) is 9.53. The molecule has 1 amide bonds. The van der Waals surface area contributed by atoms with Crippen LogP contribution >= 0.6 is 12.2 Å². The number of amides is 1. The van der Waals surface area contributed by atoms with E-state index in [1.165, 1.54) is 0 Å². The van der Waals surface area contributed by atoms with Crippen molar-refractivity contribution >= 4 is 40.1 Å². The number of benzene rings is 1. The summed E-state index contributed by atoms with van der Waals surface area (Å²) in [5.74, 6) is 0.202. The number of rotatable bonds is 5. The molecule has 0 bridgehead atoms. The van der Waals surface area contributed by atoms with Crippen molar-refractivity contribution in [2.75, 3.05) is 5.32 Å². The summed E-state index contributed by atoms with van der Waals surface area (Å²) >= 11 is 5.07. The highest BCUT2D eigenvalue weighted by Gasteiger charge is 2.38. The van der Waals surface area contributed by atoms with E-state index < -0.39 is 5.41 Å². The first kappa shape index (κ1) is 14.5. The van der Waals surface area contributed by atoms with Gasteiger partial charge < -0.3 is 10.7 Å². The molecule has 0 aliphatic carbocycles. The number of fused-ring (bicyclic) bond motifs is 1. The Kier molecular flexibility index (Phi) is 4.04. The zero-order valence-corrected chi connectivity index (χ0v) is 12.4. The van der Waals surface area contributed by atoms with E-state index in [1.54, 1.807) is 0 Å². The van der Waals surface area contributed by atoms with Crippen LogP contribution in [0, 0.1) is 5.41 Å². The average molecular weight is 290 g/mol. The van der Waals surface area contributed by atoms with E-state index in [0.29, 0.717) is 18.8 Å². The normalized spacial score (nSPS) is 11.5. The van der Waals surface area contributed by atoms with Crippen LogP contribution in [0.5, 0.6) is 0 Å². The van der Waals surface area contributed by atoms with Gasteiger partial charge in [0.2, 0.25) is 11.9 Å². The van der Waals surface area contributed by atoms with Crippen molar-refractivity contribution in [3.63, 3.8) is 0 Å². The Morgan fingerprint density at radius 3 is 2.60 bits per heavy atom. The third-order valence-corrected chi connectivity index (χ3v) is 4.13. The highest BCUT2D eigenvalue weighted by Crippen LogP contribution is 2.28. The third kappa shape index (κ3) is 2.38. The van der Waals surface area contributed by atoms with Gasteiger partial charge in [-0.1, -0.05) is 38.2 Å². The number of thiocarbonyl (C=S) groups is 1. The zero-order valence-electron chi connectivity index (χ0n) is 11.6. The Morgan fingerprint density at radius 2 is 2.05 bits per heavy atom. The highest BCUT2D eigenvalue weighted by atomic mass is 32.1. The Labute approximate surface area is 123 Å². The first-order valence-corrected chi connectivity index (χ1v) is 7.00. The van der Waals surface area contributed by atoms with E-state index in [-0.39, 0.29) is 10.9 Å². The van der Waals surface area contributed by atoms with Crippen LogP contribution in [0.1, 0.15) is 26.7 Å². The lowest BCUT2D eigenvalue weighted by atomic mass is 9.81. The molecule has 5 nitrogen and oxygen atoms in total. The first-order valence-electron chi connectivity index (χ1n) is 6.59. The van der Waals surface area contributed by atoms with E-state index >= 15 is 0 Å². The molecule has 106 valence electrons. The number of hydrogen-bond acceptors (Lipinski definition) is 3. The number of carbonyl (C=O) groups excluding carboxylic acids is 1. The Morgan fingerprint density at radius 1 is 1.40 bits per heavy atom. The predicted octanol–water partition coefficient (Wildman–Crippen LogP) is 2.59. The van der Waals surface area contributed by atoms with Gasteiger partial charge in [-0.15, -0.1) is 0 Å². The molecule has 0 fully saturated rings. The molecule has 6 heteroatoms. The van der Waals surface area contributed by atoms with Crippen LogP contribution in [0.4, 0.5) is 5.95 Å². The van der Waals surface area contributed by atoms with Crippen LogP contribution in [0.3, 0.4) is 0 Å². The van der Waals surface area contributed by atoms with Gasteiger partial charge in [-0.25, -0.2) is 4.98 Å². The smallest absolute Gasteiger partial charge is 0.239 e. The second kappa shape index (κ2) is 5.58. The molecule has 0 aliphatic heterocycles. The molecule has 0 atom stereocenters. The number of imidazole rings is 1. The Hall–Kier alpha value is -1.95. The summed E-state index contributed by atoms with van der Waals surface area (Å²) in [4.78, 5) is 20.1. The number of para-hydroxylation sites is 2. The van der Waals surface area contributed by atoms with Gasteiger partial charge >= 0.3 is 0 Å². The highest BCUT2D eigenvalue weighted by molar-refractivity contribution is 7.80. The SMILES string of the molecule is CCC(CC)(C(=O)Nc1nc2ccccc2[nH]1)C(N)=S. The summed E-state index contributed by atoms with van der Waals surface area (Å²) < 4.78 is 0. The second-order valence-corrected chi connectivity index (χ2v) is 5.15. The number of nitrogens with zero attached hydrogens (tertiary/aromatic N) is 1. The Balaban J connectivity index is 2.28. The quantitative estimate of drug-likeness (QED) is 0.739. The van der Waals surface area contributed by atoms with Gasteiger partial charge in [-0.3, -0.25) is 10.1 Å². The van der Waals surface area contributed by atoms with Gasteiger partial charge in [0.25, 0.3) is 0 Å². The molecule has 4 N–H and O–H groups in total. The fourth-order valence-corrected chi connectivity index (χ4v) is 2.65. The maximum Gasteiger partial charge on any atom is 0.239 e. The summed E-state index contributed by atoms with van der Waals surface area (Å²) in [7, 11) is 0. The van der Waals surface area contributed by atoms with Crippen LogP contribution in [0.15, 0.2) is 24.3 Å². The molecule has 0 radical (unpaired) electrons. The van der Waals surface area contributed by atoms with Gasteiger partial charge in [0.1, 0.15) is 0 Å². The molecule has 2 aromatic rings. The summed E-state index contributed by atoms with van der Waals surface area (Å²) in [6, 6.07) is 7.58. The maximum atomic E-state index is 12.5. The minimum absolute atomic E-state index is 0.214. The molecule has 0 saturated carbocycles. The van der Waals surface area contributed by atoms with E-state index in [1.807, 2.05) is 38.1 Å². The van der Waals surface area contributed by atoms with Crippen molar-refractivity contribution in [2.24, 2.45) is 11.1 Å². The standard InChI is InChI=1S/C14H18N4OS/c1-3-14(4-2,11(15)20)12(19)18-13-16-9-7-5-6-8-10(9)17-13/h5-8H,3-4H2,1-2H3,(H2,15,20)(H2,16,17,18,19). The number of anilines is 1. The van der Waals surface area contributed by atoms with Crippen LogP contribution < -0.4 is 11.1 Å². The largest absolute Gasteiger partial charge is 0.392 e. The lowest BCUT2D eigenvalue weighted by Gasteiger charge is -2.28. The minimum atomic E-state index is -0.825. The number of nitrogens with two attached hydrogens (primary N) is 1. The van der Waals surface area contributed by atoms with Crippen molar-refractivity contribution in [1.82, 2.24) is 9.97 Å². The summed E-state index contributed by atoms with van der Waals surface area (Å²) in [6.07, 6.45) is 1.12. The second-order valence-electron chi connectivity index (χ2n) is 4.71. The summed E-state index contributed by atoms with van der Waals surface area (Å²) in [6.45, 7) is 3.81. The molecule has 2 rings (SSSR count). The van der Waals surface area contributed by atoms with Gasteiger partial charge in [0.05, 0.1) is 21.4 Å². The van der Waals surface area contributed by atoms with E-state index in [2.05, 4.69) is 15.3 Å².